The van der Waals surface area contributed by atoms with E-state index in [0.29, 0.717) is 12.0 Å². The monoisotopic (exact) mass is 252 g/mol. The second kappa shape index (κ2) is 7.05. The van der Waals surface area contributed by atoms with Crippen molar-refractivity contribution in [3.05, 3.63) is 30.1 Å². The Morgan fingerprint density at radius 2 is 2.33 bits per heavy atom. The van der Waals surface area contributed by atoms with Crippen LogP contribution < -0.4 is 16.6 Å². The SMILES string of the molecule is CCCCCC(O)(NN)NC(=O)c1cccnc1. The first-order valence-electron chi connectivity index (χ1n) is 6.04. The Labute approximate surface area is 107 Å². The highest BCUT2D eigenvalue weighted by Gasteiger charge is 2.27. The lowest BCUT2D eigenvalue weighted by Crippen LogP contribution is -2.61. The Bertz CT molecular complexity index is 372. The van der Waals surface area contributed by atoms with Crippen molar-refractivity contribution >= 4 is 5.91 Å². The fraction of sp³-hybridized carbons (Fsp3) is 0.500. The number of nitrogens with two attached hydrogens (primary N) is 1. The van der Waals surface area contributed by atoms with Gasteiger partial charge in [-0.15, -0.1) is 0 Å². The van der Waals surface area contributed by atoms with Gasteiger partial charge in [-0.25, -0.2) is 5.43 Å². The van der Waals surface area contributed by atoms with Gasteiger partial charge in [-0.2, -0.15) is 0 Å². The van der Waals surface area contributed by atoms with Gasteiger partial charge in [0.05, 0.1) is 5.56 Å². The number of hydrogen-bond acceptors (Lipinski definition) is 5. The quantitative estimate of drug-likeness (QED) is 0.245. The molecule has 0 fully saturated rings. The molecule has 0 aliphatic rings. The molecule has 18 heavy (non-hydrogen) atoms. The first-order chi connectivity index (χ1) is 8.61. The number of pyridine rings is 1. The number of rotatable bonds is 7. The van der Waals surface area contributed by atoms with Crippen molar-refractivity contribution < 1.29 is 9.90 Å². The minimum atomic E-state index is -1.58. The van der Waals surface area contributed by atoms with Gasteiger partial charge in [0, 0.05) is 18.8 Å². The zero-order chi connectivity index (χ0) is 13.4. The average Bonchev–Trinajstić information content (AvgIpc) is 2.40. The lowest BCUT2D eigenvalue weighted by atomic mass is 10.1. The average molecular weight is 252 g/mol. The van der Waals surface area contributed by atoms with Gasteiger partial charge >= 0.3 is 0 Å². The van der Waals surface area contributed by atoms with Crippen LogP contribution >= 0.6 is 0 Å². The second-order valence-corrected chi connectivity index (χ2v) is 4.16. The second-order valence-electron chi connectivity index (χ2n) is 4.16. The molecule has 6 nitrogen and oxygen atoms in total. The van der Waals surface area contributed by atoms with Crippen molar-refractivity contribution in [2.45, 2.75) is 38.5 Å². The number of amides is 1. The third-order valence-electron chi connectivity index (χ3n) is 2.62. The maximum Gasteiger partial charge on any atom is 0.256 e. The molecule has 1 atom stereocenters. The van der Waals surface area contributed by atoms with Crippen molar-refractivity contribution in [3.8, 4) is 0 Å². The molecular weight excluding hydrogens is 232 g/mol. The maximum absolute atomic E-state index is 11.8. The number of carbonyl (C=O) groups is 1. The van der Waals surface area contributed by atoms with E-state index < -0.39 is 11.8 Å². The molecule has 0 saturated carbocycles. The summed E-state index contributed by atoms with van der Waals surface area (Å²) < 4.78 is 0. The van der Waals surface area contributed by atoms with Crippen LogP contribution in [0.15, 0.2) is 24.5 Å². The van der Waals surface area contributed by atoms with Crippen molar-refractivity contribution in [3.63, 3.8) is 0 Å². The Morgan fingerprint density at radius 1 is 1.56 bits per heavy atom. The van der Waals surface area contributed by atoms with E-state index in [0.717, 1.165) is 19.3 Å². The van der Waals surface area contributed by atoms with E-state index in [1.165, 1.54) is 6.20 Å². The van der Waals surface area contributed by atoms with E-state index in [1.54, 1.807) is 18.3 Å². The molecule has 1 aromatic heterocycles. The molecule has 1 rings (SSSR count). The Balaban J connectivity index is 2.59. The fourth-order valence-electron chi connectivity index (χ4n) is 1.56. The summed E-state index contributed by atoms with van der Waals surface area (Å²) in [5, 5.41) is 12.5. The summed E-state index contributed by atoms with van der Waals surface area (Å²) in [6.07, 6.45) is 6.11. The number of hydrogen-bond donors (Lipinski definition) is 4. The van der Waals surface area contributed by atoms with E-state index in [1.807, 2.05) is 0 Å². The van der Waals surface area contributed by atoms with Crippen molar-refractivity contribution in [1.29, 1.82) is 0 Å². The summed E-state index contributed by atoms with van der Waals surface area (Å²) in [7, 11) is 0. The largest absolute Gasteiger partial charge is 0.358 e. The molecule has 6 heteroatoms. The summed E-state index contributed by atoms with van der Waals surface area (Å²) in [5.74, 6) is 3.29. The van der Waals surface area contributed by atoms with Gasteiger partial charge in [0.2, 0.25) is 5.85 Å². The molecule has 1 heterocycles. The zero-order valence-electron chi connectivity index (χ0n) is 10.5. The highest BCUT2D eigenvalue weighted by Crippen LogP contribution is 2.09. The Morgan fingerprint density at radius 3 is 2.89 bits per heavy atom. The van der Waals surface area contributed by atoms with E-state index in [9.17, 15) is 9.90 Å². The molecule has 0 saturated heterocycles. The van der Waals surface area contributed by atoms with Gasteiger partial charge in [-0.3, -0.25) is 15.6 Å². The van der Waals surface area contributed by atoms with E-state index >= 15 is 0 Å². The highest BCUT2D eigenvalue weighted by molar-refractivity contribution is 5.94. The lowest BCUT2D eigenvalue weighted by Gasteiger charge is -2.28. The molecule has 0 bridgehead atoms. The first kappa shape index (κ1) is 14.6. The summed E-state index contributed by atoms with van der Waals surface area (Å²) in [6, 6.07) is 3.27. The zero-order valence-corrected chi connectivity index (χ0v) is 10.5. The summed E-state index contributed by atoms with van der Waals surface area (Å²) >= 11 is 0. The number of unbranched alkanes of at least 4 members (excludes halogenated alkanes) is 2. The van der Waals surface area contributed by atoms with Gasteiger partial charge < -0.3 is 10.4 Å². The number of aromatic nitrogens is 1. The molecule has 5 N–H and O–H groups in total. The van der Waals surface area contributed by atoms with Crippen LogP contribution in [0.3, 0.4) is 0 Å². The van der Waals surface area contributed by atoms with Gasteiger partial charge in [-0.05, 0) is 18.6 Å². The van der Waals surface area contributed by atoms with Crippen molar-refractivity contribution in [2.75, 3.05) is 0 Å². The van der Waals surface area contributed by atoms with Gasteiger partial charge in [0.25, 0.3) is 5.91 Å². The number of hydrazine groups is 1. The van der Waals surface area contributed by atoms with Crippen LogP contribution in [0.1, 0.15) is 43.0 Å². The predicted octanol–water partition coefficient (Wildman–Crippen LogP) is 0.501. The smallest absolute Gasteiger partial charge is 0.256 e. The number of nitrogens with one attached hydrogen (secondary N) is 2. The van der Waals surface area contributed by atoms with Crippen molar-refractivity contribution in [1.82, 2.24) is 15.7 Å². The third-order valence-corrected chi connectivity index (χ3v) is 2.62. The lowest BCUT2D eigenvalue weighted by molar-refractivity contribution is -0.0311. The highest BCUT2D eigenvalue weighted by atomic mass is 16.3. The molecule has 0 aliphatic carbocycles. The first-order valence-corrected chi connectivity index (χ1v) is 6.04. The molecule has 0 aromatic carbocycles. The molecule has 1 unspecified atom stereocenters. The summed E-state index contributed by atoms with van der Waals surface area (Å²) in [4.78, 5) is 15.7. The molecule has 1 amide bonds. The summed E-state index contributed by atoms with van der Waals surface area (Å²) in [5.41, 5.74) is 2.62. The van der Waals surface area contributed by atoms with Gasteiger partial charge in [0.15, 0.2) is 0 Å². The molecule has 0 aliphatic heterocycles. The van der Waals surface area contributed by atoms with Crippen LogP contribution in [0.25, 0.3) is 0 Å². The number of aliphatic hydroxyl groups is 1. The van der Waals surface area contributed by atoms with E-state index in [-0.39, 0.29) is 0 Å². The molecule has 0 spiro atoms. The van der Waals surface area contributed by atoms with Crippen LogP contribution in [0.4, 0.5) is 0 Å². The van der Waals surface area contributed by atoms with Gasteiger partial charge in [0.1, 0.15) is 0 Å². The van der Waals surface area contributed by atoms with Crippen LogP contribution in [-0.2, 0) is 0 Å². The standard InChI is InChI=1S/C12H20N4O2/c1-2-3-4-7-12(18,16-13)15-11(17)10-6-5-8-14-9-10/h5-6,8-9,16,18H,2-4,7,13H2,1H3,(H,15,17). The van der Waals surface area contributed by atoms with Crippen LogP contribution in [-0.4, -0.2) is 21.8 Å². The van der Waals surface area contributed by atoms with E-state index in [4.69, 9.17) is 5.84 Å². The topological polar surface area (TPSA) is 100 Å². The van der Waals surface area contributed by atoms with Crippen LogP contribution in [0, 0.1) is 0 Å². The number of nitrogens with zero attached hydrogens (tertiary/aromatic N) is 1. The fourth-order valence-corrected chi connectivity index (χ4v) is 1.56. The van der Waals surface area contributed by atoms with Crippen LogP contribution in [0.2, 0.25) is 0 Å². The predicted molar refractivity (Wildman–Crippen MR) is 68.1 cm³/mol. The Hall–Kier alpha value is -1.50. The molecule has 0 radical (unpaired) electrons. The van der Waals surface area contributed by atoms with Gasteiger partial charge in [-0.1, -0.05) is 19.8 Å². The molecular formula is C12H20N4O2. The maximum atomic E-state index is 11.8. The van der Waals surface area contributed by atoms with Crippen LogP contribution in [0.5, 0.6) is 0 Å². The minimum absolute atomic E-state index is 0.351. The Kier molecular flexibility index (Phi) is 5.70. The van der Waals surface area contributed by atoms with Crippen molar-refractivity contribution in [2.24, 2.45) is 5.84 Å². The molecule has 100 valence electrons. The normalized spacial score (nSPS) is 13.9. The summed E-state index contributed by atoms with van der Waals surface area (Å²) in [6.45, 7) is 2.06. The minimum Gasteiger partial charge on any atom is -0.358 e. The van der Waals surface area contributed by atoms with E-state index in [2.05, 4.69) is 22.7 Å². The third kappa shape index (κ3) is 4.40. The number of carbonyl (C=O) groups excluding carboxylic acids is 1. The molecule has 1 aromatic rings.